The Bertz CT molecular complexity index is 349. The molecule has 0 saturated heterocycles. The Hall–Kier alpha value is -1.02. The predicted octanol–water partition coefficient (Wildman–Crippen LogP) is 3.03. The van der Waals surface area contributed by atoms with Gasteiger partial charge in [-0.05, 0) is 24.0 Å². The van der Waals surface area contributed by atoms with Crippen molar-refractivity contribution in [3.8, 4) is 0 Å². The van der Waals surface area contributed by atoms with Gasteiger partial charge in [0, 0.05) is 31.9 Å². The molecule has 1 aliphatic rings. The Morgan fingerprint density at radius 1 is 1.35 bits per heavy atom. The van der Waals surface area contributed by atoms with E-state index in [0.717, 1.165) is 25.6 Å². The molecule has 2 heteroatoms. The second-order valence-electron chi connectivity index (χ2n) is 5.15. The van der Waals surface area contributed by atoms with Crippen molar-refractivity contribution in [3.63, 3.8) is 0 Å². The summed E-state index contributed by atoms with van der Waals surface area (Å²) in [7, 11) is 0. The Morgan fingerprint density at radius 3 is 3.00 bits per heavy atom. The van der Waals surface area contributed by atoms with Crippen LogP contribution >= 0.6 is 0 Å². The average Bonchev–Trinajstić information content (AvgIpc) is 2.53. The zero-order valence-corrected chi connectivity index (χ0v) is 11.1. The molecule has 1 aromatic carbocycles. The van der Waals surface area contributed by atoms with E-state index >= 15 is 0 Å². The number of anilines is 1. The van der Waals surface area contributed by atoms with Gasteiger partial charge in [-0.3, -0.25) is 0 Å². The summed E-state index contributed by atoms with van der Waals surface area (Å²) < 4.78 is 0. The summed E-state index contributed by atoms with van der Waals surface area (Å²) in [6.07, 6.45) is 2.61. The molecule has 1 atom stereocenters. The van der Waals surface area contributed by atoms with Gasteiger partial charge in [-0.2, -0.15) is 0 Å². The summed E-state index contributed by atoms with van der Waals surface area (Å²) in [4.78, 5) is 2.55. The van der Waals surface area contributed by atoms with Crippen LogP contribution in [0.3, 0.4) is 0 Å². The molecule has 94 valence electrons. The minimum atomic E-state index is 0.783. The molecule has 1 aromatic rings. The standard InChI is InChI=1S/C15H24N2/c1-3-6-13(2)12-17-10-9-16-11-14-7-4-5-8-15(14)17/h4-5,7-8,13,16H,3,6,9-12H2,1-2H3. The van der Waals surface area contributed by atoms with Crippen molar-refractivity contribution in [3.05, 3.63) is 29.8 Å². The smallest absolute Gasteiger partial charge is 0.0412 e. The number of hydrogen-bond donors (Lipinski definition) is 1. The van der Waals surface area contributed by atoms with Gasteiger partial charge in [0.25, 0.3) is 0 Å². The summed E-state index contributed by atoms with van der Waals surface area (Å²) in [5.41, 5.74) is 2.87. The Labute approximate surface area is 105 Å². The lowest BCUT2D eigenvalue weighted by atomic mass is 10.0. The first-order chi connectivity index (χ1) is 8.31. The molecular weight excluding hydrogens is 208 g/mol. The highest BCUT2D eigenvalue weighted by molar-refractivity contribution is 5.54. The molecule has 1 heterocycles. The van der Waals surface area contributed by atoms with Crippen LogP contribution in [0.25, 0.3) is 0 Å². The van der Waals surface area contributed by atoms with E-state index in [0.29, 0.717) is 0 Å². The van der Waals surface area contributed by atoms with Gasteiger partial charge in [-0.25, -0.2) is 0 Å². The predicted molar refractivity (Wildman–Crippen MR) is 74.4 cm³/mol. The lowest BCUT2D eigenvalue weighted by molar-refractivity contribution is 0.511. The molecular formula is C15H24N2. The minimum Gasteiger partial charge on any atom is -0.370 e. The van der Waals surface area contributed by atoms with E-state index in [1.807, 2.05) is 0 Å². The van der Waals surface area contributed by atoms with Crippen LogP contribution < -0.4 is 10.2 Å². The van der Waals surface area contributed by atoms with E-state index in [1.165, 1.54) is 30.6 Å². The van der Waals surface area contributed by atoms with Gasteiger partial charge in [0.1, 0.15) is 0 Å². The van der Waals surface area contributed by atoms with Crippen molar-refractivity contribution in [2.75, 3.05) is 24.5 Å². The zero-order valence-electron chi connectivity index (χ0n) is 11.1. The fraction of sp³-hybridized carbons (Fsp3) is 0.600. The molecule has 0 amide bonds. The second-order valence-corrected chi connectivity index (χ2v) is 5.15. The molecule has 1 aliphatic heterocycles. The highest BCUT2D eigenvalue weighted by Crippen LogP contribution is 2.23. The van der Waals surface area contributed by atoms with Crippen LogP contribution in [0.4, 0.5) is 5.69 Å². The maximum Gasteiger partial charge on any atom is 0.0412 e. The maximum absolute atomic E-state index is 3.50. The van der Waals surface area contributed by atoms with E-state index in [1.54, 1.807) is 0 Å². The van der Waals surface area contributed by atoms with Crippen molar-refractivity contribution < 1.29 is 0 Å². The third-order valence-corrected chi connectivity index (χ3v) is 3.52. The molecule has 17 heavy (non-hydrogen) atoms. The second kappa shape index (κ2) is 6.06. The molecule has 1 unspecified atom stereocenters. The number of nitrogens with zero attached hydrogens (tertiary/aromatic N) is 1. The first kappa shape index (κ1) is 12.4. The van der Waals surface area contributed by atoms with E-state index < -0.39 is 0 Å². The van der Waals surface area contributed by atoms with Crippen LogP contribution in [0.5, 0.6) is 0 Å². The molecule has 0 saturated carbocycles. The number of hydrogen-bond acceptors (Lipinski definition) is 2. The first-order valence-corrected chi connectivity index (χ1v) is 6.85. The fourth-order valence-electron chi connectivity index (χ4n) is 2.68. The molecule has 0 spiro atoms. The van der Waals surface area contributed by atoms with Gasteiger partial charge in [-0.15, -0.1) is 0 Å². The van der Waals surface area contributed by atoms with E-state index in [4.69, 9.17) is 0 Å². The Balaban J connectivity index is 2.11. The molecule has 0 radical (unpaired) electrons. The summed E-state index contributed by atoms with van der Waals surface area (Å²) >= 11 is 0. The topological polar surface area (TPSA) is 15.3 Å². The van der Waals surface area contributed by atoms with Crippen molar-refractivity contribution in [2.24, 2.45) is 5.92 Å². The minimum absolute atomic E-state index is 0.783. The maximum atomic E-state index is 3.50. The average molecular weight is 232 g/mol. The summed E-state index contributed by atoms with van der Waals surface area (Å²) in [5, 5.41) is 3.50. The first-order valence-electron chi connectivity index (χ1n) is 6.85. The SMILES string of the molecule is CCCC(C)CN1CCNCc2ccccc21. The fourth-order valence-corrected chi connectivity index (χ4v) is 2.68. The monoisotopic (exact) mass is 232 g/mol. The van der Waals surface area contributed by atoms with Gasteiger partial charge in [0.05, 0.1) is 0 Å². The Kier molecular flexibility index (Phi) is 4.43. The van der Waals surface area contributed by atoms with E-state index in [2.05, 4.69) is 48.3 Å². The van der Waals surface area contributed by atoms with Gasteiger partial charge in [0.2, 0.25) is 0 Å². The highest BCUT2D eigenvalue weighted by Gasteiger charge is 2.16. The van der Waals surface area contributed by atoms with Gasteiger partial charge >= 0.3 is 0 Å². The lowest BCUT2D eigenvalue weighted by Crippen LogP contribution is -2.32. The Morgan fingerprint density at radius 2 is 2.18 bits per heavy atom. The third-order valence-electron chi connectivity index (χ3n) is 3.52. The van der Waals surface area contributed by atoms with E-state index in [-0.39, 0.29) is 0 Å². The molecule has 1 N–H and O–H groups in total. The number of rotatable bonds is 4. The number of nitrogens with one attached hydrogen (secondary N) is 1. The van der Waals surface area contributed by atoms with Crippen LogP contribution in [0.1, 0.15) is 32.3 Å². The quantitative estimate of drug-likeness (QED) is 0.858. The summed E-state index contributed by atoms with van der Waals surface area (Å²) in [6, 6.07) is 8.80. The normalized spacial score (nSPS) is 17.4. The van der Waals surface area contributed by atoms with Crippen molar-refractivity contribution in [1.29, 1.82) is 0 Å². The van der Waals surface area contributed by atoms with E-state index in [9.17, 15) is 0 Å². The van der Waals surface area contributed by atoms with Crippen LogP contribution in [0, 0.1) is 5.92 Å². The van der Waals surface area contributed by atoms with Crippen LogP contribution in [-0.2, 0) is 6.54 Å². The van der Waals surface area contributed by atoms with Gasteiger partial charge in [-0.1, -0.05) is 38.5 Å². The van der Waals surface area contributed by atoms with Crippen LogP contribution in [0.2, 0.25) is 0 Å². The third kappa shape index (κ3) is 3.22. The van der Waals surface area contributed by atoms with Crippen LogP contribution in [-0.4, -0.2) is 19.6 Å². The molecule has 0 fully saturated rings. The summed E-state index contributed by atoms with van der Waals surface area (Å²) in [5.74, 6) is 0.783. The molecule has 2 nitrogen and oxygen atoms in total. The zero-order chi connectivity index (χ0) is 12.1. The van der Waals surface area contributed by atoms with Crippen molar-refractivity contribution >= 4 is 5.69 Å². The number of fused-ring (bicyclic) bond motifs is 1. The molecule has 2 rings (SSSR count). The van der Waals surface area contributed by atoms with Crippen molar-refractivity contribution in [2.45, 2.75) is 33.2 Å². The molecule has 0 aliphatic carbocycles. The highest BCUT2D eigenvalue weighted by atomic mass is 15.2. The lowest BCUT2D eigenvalue weighted by Gasteiger charge is -2.27. The van der Waals surface area contributed by atoms with Gasteiger partial charge in [0.15, 0.2) is 0 Å². The number of para-hydroxylation sites is 1. The van der Waals surface area contributed by atoms with Gasteiger partial charge < -0.3 is 10.2 Å². The number of benzene rings is 1. The summed E-state index contributed by atoms with van der Waals surface area (Å²) in [6.45, 7) is 9.05. The van der Waals surface area contributed by atoms with Crippen LogP contribution in [0.15, 0.2) is 24.3 Å². The molecule has 0 bridgehead atoms. The van der Waals surface area contributed by atoms with Crippen molar-refractivity contribution in [1.82, 2.24) is 5.32 Å². The largest absolute Gasteiger partial charge is 0.370 e. The molecule has 0 aromatic heterocycles.